The molecule has 0 unspecified atom stereocenters. The third-order valence-electron chi connectivity index (χ3n) is 5.94. The molecule has 2 fully saturated rings. The van der Waals surface area contributed by atoms with Crippen LogP contribution in [0.2, 0.25) is 0 Å². The van der Waals surface area contributed by atoms with Crippen LogP contribution >= 0.6 is 11.3 Å². The number of fused-ring (bicyclic) bond motifs is 1. The van der Waals surface area contributed by atoms with Gasteiger partial charge in [-0.1, -0.05) is 12.1 Å². The number of carbonyl (C=O) groups is 3. The Morgan fingerprint density at radius 1 is 1.07 bits per heavy atom. The van der Waals surface area contributed by atoms with E-state index in [2.05, 4.69) is 23.5 Å². The van der Waals surface area contributed by atoms with Crippen molar-refractivity contribution < 1.29 is 14.4 Å². The van der Waals surface area contributed by atoms with E-state index in [1.54, 1.807) is 11.3 Å². The van der Waals surface area contributed by atoms with Crippen LogP contribution in [0.4, 0.5) is 0 Å². The van der Waals surface area contributed by atoms with Gasteiger partial charge in [0.15, 0.2) is 0 Å². The maximum atomic E-state index is 12.2. The molecule has 2 heterocycles. The Hall–Kier alpha value is -2.28. The molecule has 1 N–H and O–H groups in total. The largest absolute Gasteiger partial charge is 0.353 e. The number of imide groups is 1. The van der Waals surface area contributed by atoms with Crippen molar-refractivity contribution >= 4 is 39.3 Å². The summed E-state index contributed by atoms with van der Waals surface area (Å²) in [5.41, 5.74) is 1.08. The number of likely N-dealkylation sites (tertiary alicyclic amines) is 1. The lowest BCUT2D eigenvalue weighted by Gasteiger charge is -2.28. The number of para-hydroxylation sites is 1. The molecule has 29 heavy (non-hydrogen) atoms. The van der Waals surface area contributed by atoms with Gasteiger partial charge < -0.3 is 5.32 Å². The molecule has 0 bridgehead atoms. The van der Waals surface area contributed by atoms with Crippen molar-refractivity contribution in [3.8, 4) is 0 Å². The van der Waals surface area contributed by atoms with Gasteiger partial charge in [-0.25, -0.2) is 4.98 Å². The van der Waals surface area contributed by atoms with Crippen molar-refractivity contribution in [2.75, 3.05) is 6.54 Å². The Labute approximate surface area is 174 Å². The molecule has 6 nitrogen and oxygen atoms in total. The average molecular weight is 414 g/mol. The Bertz CT molecular complexity index is 853. The topological polar surface area (TPSA) is 79.4 Å². The first kappa shape index (κ1) is 20.0. The van der Waals surface area contributed by atoms with Gasteiger partial charge in [0.25, 0.3) is 0 Å². The summed E-state index contributed by atoms with van der Waals surface area (Å²) in [5.74, 6) is 0.414. The number of benzene rings is 1. The summed E-state index contributed by atoms with van der Waals surface area (Å²) >= 11 is 1.79. The molecule has 1 saturated heterocycles. The normalized spacial score (nSPS) is 22.4. The zero-order chi connectivity index (χ0) is 20.2. The van der Waals surface area contributed by atoms with Gasteiger partial charge in [-0.15, -0.1) is 11.3 Å². The summed E-state index contributed by atoms with van der Waals surface area (Å²) < 4.78 is 1.25. The summed E-state index contributed by atoms with van der Waals surface area (Å²) in [4.78, 5) is 41.5. The first-order valence-corrected chi connectivity index (χ1v) is 11.4. The molecule has 0 atom stereocenters. The van der Waals surface area contributed by atoms with E-state index in [0.29, 0.717) is 44.6 Å². The van der Waals surface area contributed by atoms with Gasteiger partial charge >= 0.3 is 0 Å². The van der Waals surface area contributed by atoms with Gasteiger partial charge in [0.05, 0.1) is 15.2 Å². The maximum Gasteiger partial charge on any atom is 0.229 e. The molecule has 2 aromatic rings. The van der Waals surface area contributed by atoms with Crippen LogP contribution in [0.25, 0.3) is 10.2 Å². The van der Waals surface area contributed by atoms with Gasteiger partial charge in [-0.3, -0.25) is 19.3 Å². The number of aromatic nitrogens is 1. The third-order valence-corrected chi connectivity index (χ3v) is 7.14. The van der Waals surface area contributed by atoms with Crippen LogP contribution in [-0.4, -0.2) is 40.2 Å². The minimum absolute atomic E-state index is 0.0764. The highest BCUT2D eigenvalue weighted by Crippen LogP contribution is 2.36. The van der Waals surface area contributed by atoms with Crippen LogP contribution in [0.3, 0.4) is 0 Å². The second-order valence-corrected chi connectivity index (χ2v) is 9.09. The monoisotopic (exact) mass is 413 g/mol. The molecule has 0 spiro atoms. The van der Waals surface area contributed by atoms with E-state index < -0.39 is 0 Å². The highest BCUT2D eigenvalue weighted by atomic mass is 32.1. The number of unbranched alkanes of at least 4 members (excludes halogenated alkanes) is 1. The maximum absolute atomic E-state index is 12.2. The highest BCUT2D eigenvalue weighted by molar-refractivity contribution is 7.18. The Kier molecular flexibility index (Phi) is 6.23. The van der Waals surface area contributed by atoms with Crippen LogP contribution in [0.15, 0.2) is 24.3 Å². The van der Waals surface area contributed by atoms with Gasteiger partial charge in [0, 0.05) is 37.8 Å². The smallest absolute Gasteiger partial charge is 0.229 e. The van der Waals surface area contributed by atoms with Gasteiger partial charge in [0.1, 0.15) is 0 Å². The van der Waals surface area contributed by atoms with E-state index in [-0.39, 0.29) is 23.8 Å². The first-order chi connectivity index (χ1) is 14.1. The Morgan fingerprint density at radius 3 is 2.52 bits per heavy atom. The van der Waals surface area contributed by atoms with Crippen molar-refractivity contribution in [3.05, 3.63) is 29.3 Å². The minimum atomic E-state index is -0.0793. The molecule has 1 aliphatic heterocycles. The van der Waals surface area contributed by atoms with Crippen molar-refractivity contribution in [2.45, 2.75) is 69.7 Å². The fourth-order valence-electron chi connectivity index (χ4n) is 4.28. The quantitative estimate of drug-likeness (QED) is 0.554. The molecular formula is C22H27N3O3S. The lowest BCUT2D eigenvalue weighted by molar-refractivity contribution is -0.138. The molecule has 3 amide bonds. The van der Waals surface area contributed by atoms with Gasteiger partial charge in [0.2, 0.25) is 17.7 Å². The van der Waals surface area contributed by atoms with E-state index in [1.165, 1.54) is 14.6 Å². The van der Waals surface area contributed by atoms with Gasteiger partial charge in [-0.2, -0.15) is 0 Å². The molecule has 1 aromatic heterocycles. The number of amides is 3. The van der Waals surface area contributed by atoms with Crippen molar-refractivity contribution in [2.24, 2.45) is 0 Å². The van der Waals surface area contributed by atoms with Crippen molar-refractivity contribution in [3.63, 3.8) is 0 Å². The number of thiazole rings is 1. The molecule has 154 valence electrons. The highest BCUT2D eigenvalue weighted by Gasteiger charge is 2.28. The molecule has 1 aliphatic carbocycles. The lowest BCUT2D eigenvalue weighted by Crippen LogP contribution is -2.37. The van der Waals surface area contributed by atoms with Crippen LogP contribution in [-0.2, 0) is 14.4 Å². The summed E-state index contributed by atoms with van der Waals surface area (Å²) in [6.07, 6.45) is 6.60. The van der Waals surface area contributed by atoms with Crippen LogP contribution in [0.5, 0.6) is 0 Å². The SMILES string of the molecule is O=C(CCCCN1C(=O)CCC1=O)N[C@H]1CC[C@H](c2nc3ccccc3s2)CC1. The molecular weight excluding hydrogens is 386 g/mol. The fourth-order valence-corrected chi connectivity index (χ4v) is 5.41. The molecule has 1 aromatic carbocycles. The zero-order valence-corrected chi connectivity index (χ0v) is 17.4. The predicted octanol–water partition coefficient (Wildman–Crippen LogP) is 3.76. The van der Waals surface area contributed by atoms with Gasteiger partial charge in [-0.05, 0) is 50.7 Å². The molecule has 0 radical (unpaired) electrons. The molecule has 2 aliphatic rings. The van der Waals surface area contributed by atoms with E-state index in [9.17, 15) is 14.4 Å². The number of nitrogens with zero attached hydrogens (tertiary/aromatic N) is 2. The number of rotatable bonds is 7. The number of hydrogen-bond acceptors (Lipinski definition) is 5. The predicted molar refractivity (Wildman–Crippen MR) is 113 cm³/mol. The number of carbonyl (C=O) groups excluding carboxylic acids is 3. The van der Waals surface area contributed by atoms with E-state index in [1.807, 2.05) is 6.07 Å². The van der Waals surface area contributed by atoms with Crippen molar-refractivity contribution in [1.29, 1.82) is 0 Å². The molecule has 1 saturated carbocycles. The number of nitrogens with one attached hydrogen (secondary N) is 1. The Balaban J connectivity index is 1.16. The van der Waals surface area contributed by atoms with E-state index in [4.69, 9.17) is 4.98 Å². The third kappa shape index (κ3) is 4.83. The zero-order valence-electron chi connectivity index (χ0n) is 16.6. The number of hydrogen-bond donors (Lipinski definition) is 1. The van der Waals surface area contributed by atoms with Crippen molar-refractivity contribution in [1.82, 2.24) is 15.2 Å². The van der Waals surface area contributed by atoms with Crippen LogP contribution in [0.1, 0.15) is 68.7 Å². The summed E-state index contributed by atoms with van der Waals surface area (Å²) in [6, 6.07) is 8.51. The molecule has 4 rings (SSSR count). The van der Waals surface area contributed by atoms with Crippen LogP contribution < -0.4 is 5.32 Å². The molecule has 7 heteroatoms. The minimum Gasteiger partial charge on any atom is -0.353 e. The average Bonchev–Trinajstić information content (AvgIpc) is 3.29. The van der Waals surface area contributed by atoms with E-state index in [0.717, 1.165) is 31.2 Å². The summed E-state index contributed by atoms with van der Waals surface area (Å²) in [6.45, 7) is 0.443. The Morgan fingerprint density at radius 2 is 1.79 bits per heavy atom. The fraction of sp³-hybridized carbons (Fsp3) is 0.545. The lowest BCUT2D eigenvalue weighted by atomic mass is 9.86. The second kappa shape index (κ2) is 9.03. The van der Waals surface area contributed by atoms with Crippen LogP contribution in [0, 0.1) is 0 Å². The summed E-state index contributed by atoms with van der Waals surface area (Å²) in [7, 11) is 0. The van der Waals surface area contributed by atoms with E-state index >= 15 is 0 Å². The second-order valence-electron chi connectivity index (χ2n) is 8.03. The standard InChI is InChI=1S/C22H27N3O3S/c26-19(7-3-4-14-25-20(27)12-13-21(25)28)23-16-10-8-15(9-11-16)22-24-17-5-1-2-6-18(17)29-22/h1-2,5-6,15-16H,3-4,7-14H2,(H,23,26)/t15-,16-. The summed E-state index contributed by atoms with van der Waals surface area (Å²) in [5, 5.41) is 4.38. The first-order valence-electron chi connectivity index (χ1n) is 10.6.